The van der Waals surface area contributed by atoms with Gasteiger partial charge in [0.1, 0.15) is 5.82 Å². The molecule has 1 fully saturated rings. The molecule has 3 heteroatoms. The van der Waals surface area contributed by atoms with Crippen molar-refractivity contribution in [2.45, 2.75) is 51.6 Å². The van der Waals surface area contributed by atoms with Gasteiger partial charge in [0.2, 0.25) is 0 Å². The van der Waals surface area contributed by atoms with Crippen LogP contribution in [0.15, 0.2) is 22.7 Å². The molecule has 0 unspecified atom stereocenters. The quantitative estimate of drug-likeness (QED) is 0.852. The third-order valence-corrected chi connectivity index (χ3v) is 5.20. The van der Waals surface area contributed by atoms with Gasteiger partial charge in [0.15, 0.2) is 0 Å². The number of hydrogen-bond acceptors (Lipinski definition) is 1. The maximum Gasteiger partial charge on any atom is 0.123 e. The molecule has 1 saturated carbocycles. The molecule has 19 heavy (non-hydrogen) atoms. The van der Waals surface area contributed by atoms with Crippen molar-refractivity contribution in [1.82, 2.24) is 0 Å². The zero-order valence-corrected chi connectivity index (χ0v) is 13.2. The molecule has 1 aromatic carbocycles. The predicted octanol–water partition coefficient (Wildman–Crippen LogP) is 4.71. The smallest absolute Gasteiger partial charge is 0.123 e. The predicted molar refractivity (Wildman–Crippen MR) is 79.5 cm³/mol. The van der Waals surface area contributed by atoms with Gasteiger partial charge in [-0.25, -0.2) is 4.39 Å². The van der Waals surface area contributed by atoms with Crippen LogP contribution in [0.1, 0.15) is 45.1 Å². The summed E-state index contributed by atoms with van der Waals surface area (Å²) in [5.74, 6) is 1.17. The molecule has 1 aliphatic rings. The first-order chi connectivity index (χ1) is 8.89. The van der Waals surface area contributed by atoms with Crippen LogP contribution in [-0.2, 0) is 6.42 Å². The summed E-state index contributed by atoms with van der Waals surface area (Å²) in [6.45, 7) is 4.50. The fraction of sp³-hybridized carbons (Fsp3) is 0.625. The lowest BCUT2D eigenvalue weighted by molar-refractivity contribution is -0.0147. The Balaban J connectivity index is 2.05. The Bertz CT molecular complexity index is 436. The Labute approximate surface area is 123 Å². The first-order valence-electron chi connectivity index (χ1n) is 7.06. The standard InChI is InChI=1S/C16H22BrFO/c1-11(2)12-5-7-16(19,8-6-12)10-13-9-14(18)3-4-15(13)17/h3-4,9,11-12,19H,5-8,10H2,1-2H3. The Hall–Kier alpha value is -0.410. The number of rotatable bonds is 3. The second-order valence-electron chi connectivity index (χ2n) is 6.22. The zero-order chi connectivity index (χ0) is 14.0. The van der Waals surface area contributed by atoms with Crippen molar-refractivity contribution in [3.8, 4) is 0 Å². The fourth-order valence-corrected chi connectivity index (χ4v) is 3.44. The SMILES string of the molecule is CC(C)C1CCC(O)(Cc2cc(F)ccc2Br)CC1. The minimum Gasteiger partial charge on any atom is -0.390 e. The number of benzene rings is 1. The summed E-state index contributed by atoms with van der Waals surface area (Å²) < 4.78 is 14.2. The highest BCUT2D eigenvalue weighted by molar-refractivity contribution is 9.10. The van der Waals surface area contributed by atoms with Crippen LogP contribution < -0.4 is 0 Å². The van der Waals surface area contributed by atoms with Crippen molar-refractivity contribution < 1.29 is 9.50 Å². The minimum absolute atomic E-state index is 0.238. The molecular formula is C16H22BrFO. The summed E-state index contributed by atoms with van der Waals surface area (Å²) in [5, 5.41) is 10.7. The van der Waals surface area contributed by atoms with Crippen LogP contribution in [0.5, 0.6) is 0 Å². The second-order valence-corrected chi connectivity index (χ2v) is 7.07. The van der Waals surface area contributed by atoms with E-state index >= 15 is 0 Å². The van der Waals surface area contributed by atoms with Gasteiger partial charge in [-0.1, -0.05) is 29.8 Å². The molecule has 1 nitrogen and oxygen atoms in total. The van der Waals surface area contributed by atoms with Crippen LogP contribution in [0.4, 0.5) is 4.39 Å². The van der Waals surface area contributed by atoms with Crippen LogP contribution in [0, 0.1) is 17.7 Å². The van der Waals surface area contributed by atoms with Gasteiger partial charge in [0, 0.05) is 10.9 Å². The molecule has 0 atom stereocenters. The highest BCUT2D eigenvalue weighted by atomic mass is 79.9. The summed E-state index contributed by atoms with van der Waals surface area (Å²) >= 11 is 3.44. The van der Waals surface area contributed by atoms with E-state index in [1.54, 1.807) is 6.07 Å². The van der Waals surface area contributed by atoms with E-state index < -0.39 is 5.60 Å². The highest BCUT2D eigenvalue weighted by Crippen LogP contribution is 2.38. The second kappa shape index (κ2) is 5.92. The Morgan fingerprint density at radius 3 is 2.58 bits per heavy atom. The molecule has 0 aliphatic heterocycles. The lowest BCUT2D eigenvalue weighted by Crippen LogP contribution is -2.37. The molecule has 106 valence electrons. The van der Waals surface area contributed by atoms with Crippen LogP contribution in [0.2, 0.25) is 0 Å². The lowest BCUT2D eigenvalue weighted by Gasteiger charge is -2.37. The monoisotopic (exact) mass is 328 g/mol. The summed E-state index contributed by atoms with van der Waals surface area (Å²) in [6.07, 6.45) is 4.32. The average Bonchev–Trinajstić information content (AvgIpc) is 2.34. The largest absolute Gasteiger partial charge is 0.390 e. The lowest BCUT2D eigenvalue weighted by atomic mass is 9.72. The third kappa shape index (κ3) is 3.79. The summed E-state index contributed by atoms with van der Waals surface area (Å²) in [5.41, 5.74) is 0.201. The Morgan fingerprint density at radius 1 is 1.37 bits per heavy atom. The molecule has 0 radical (unpaired) electrons. The molecule has 0 heterocycles. The molecule has 0 bridgehead atoms. The van der Waals surface area contributed by atoms with E-state index in [-0.39, 0.29) is 5.82 Å². The van der Waals surface area contributed by atoms with Crippen molar-refractivity contribution in [1.29, 1.82) is 0 Å². The van der Waals surface area contributed by atoms with Crippen LogP contribution >= 0.6 is 15.9 Å². The van der Waals surface area contributed by atoms with Crippen molar-refractivity contribution in [2.24, 2.45) is 11.8 Å². The van der Waals surface area contributed by atoms with E-state index in [1.807, 2.05) is 0 Å². The van der Waals surface area contributed by atoms with E-state index in [4.69, 9.17) is 0 Å². The van der Waals surface area contributed by atoms with Gasteiger partial charge in [-0.2, -0.15) is 0 Å². The van der Waals surface area contributed by atoms with Gasteiger partial charge >= 0.3 is 0 Å². The van der Waals surface area contributed by atoms with Gasteiger partial charge < -0.3 is 5.11 Å². The normalized spacial score (nSPS) is 27.8. The summed E-state index contributed by atoms with van der Waals surface area (Å²) in [4.78, 5) is 0. The van der Waals surface area contributed by atoms with E-state index in [0.29, 0.717) is 12.3 Å². The third-order valence-electron chi connectivity index (χ3n) is 4.43. The first-order valence-corrected chi connectivity index (χ1v) is 7.85. The van der Waals surface area contributed by atoms with E-state index in [1.165, 1.54) is 12.1 Å². The molecule has 1 aromatic rings. The zero-order valence-electron chi connectivity index (χ0n) is 11.6. The Morgan fingerprint density at radius 2 is 2.00 bits per heavy atom. The van der Waals surface area contributed by atoms with Crippen LogP contribution in [0.3, 0.4) is 0 Å². The number of hydrogen-bond donors (Lipinski definition) is 1. The van der Waals surface area contributed by atoms with E-state index in [9.17, 15) is 9.50 Å². The van der Waals surface area contributed by atoms with Gasteiger partial charge in [-0.15, -0.1) is 0 Å². The molecule has 0 saturated heterocycles. The maximum atomic E-state index is 13.3. The van der Waals surface area contributed by atoms with Gasteiger partial charge in [-0.3, -0.25) is 0 Å². The molecule has 0 amide bonds. The molecule has 2 rings (SSSR count). The molecule has 1 N–H and O–H groups in total. The molecule has 0 spiro atoms. The number of aliphatic hydroxyl groups is 1. The Kier molecular flexibility index (Phi) is 4.67. The maximum absolute atomic E-state index is 13.3. The van der Waals surface area contributed by atoms with Crippen molar-refractivity contribution in [3.05, 3.63) is 34.1 Å². The molecule has 0 aromatic heterocycles. The molecular weight excluding hydrogens is 307 g/mol. The summed E-state index contributed by atoms with van der Waals surface area (Å²) in [6, 6.07) is 4.68. The first kappa shape index (κ1) is 15.0. The topological polar surface area (TPSA) is 20.2 Å². The van der Waals surface area contributed by atoms with E-state index in [2.05, 4.69) is 29.8 Å². The van der Waals surface area contributed by atoms with Crippen LogP contribution in [-0.4, -0.2) is 10.7 Å². The molecule has 1 aliphatic carbocycles. The van der Waals surface area contributed by atoms with Crippen LogP contribution in [0.25, 0.3) is 0 Å². The average molecular weight is 329 g/mol. The highest BCUT2D eigenvalue weighted by Gasteiger charge is 2.34. The van der Waals surface area contributed by atoms with Gasteiger partial charge in [0.25, 0.3) is 0 Å². The fourth-order valence-electron chi connectivity index (χ4n) is 3.05. The minimum atomic E-state index is -0.665. The van der Waals surface area contributed by atoms with Crippen molar-refractivity contribution >= 4 is 15.9 Å². The van der Waals surface area contributed by atoms with E-state index in [0.717, 1.165) is 41.6 Å². The van der Waals surface area contributed by atoms with Crippen molar-refractivity contribution in [3.63, 3.8) is 0 Å². The van der Waals surface area contributed by atoms with Gasteiger partial charge in [-0.05, 0) is 61.3 Å². The van der Waals surface area contributed by atoms with Crippen molar-refractivity contribution in [2.75, 3.05) is 0 Å². The number of halogens is 2. The summed E-state index contributed by atoms with van der Waals surface area (Å²) in [7, 11) is 0. The van der Waals surface area contributed by atoms with Gasteiger partial charge in [0.05, 0.1) is 5.60 Å².